The number of primary amides is 1. The fourth-order valence-corrected chi connectivity index (χ4v) is 3.02. The van der Waals surface area contributed by atoms with E-state index in [9.17, 15) is 14.4 Å². The number of halogens is 1. The summed E-state index contributed by atoms with van der Waals surface area (Å²) in [6.07, 6.45) is 0.0217. The van der Waals surface area contributed by atoms with Crippen LogP contribution < -0.4 is 11.1 Å². The second-order valence-electron chi connectivity index (χ2n) is 4.84. The lowest BCUT2D eigenvalue weighted by Crippen LogP contribution is -2.37. The Morgan fingerprint density at radius 1 is 1.09 bits per heavy atom. The van der Waals surface area contributed by atoms with Gasteiger partial charge in [0.05, 0.1) is 9.21 Å². The lowest BCUT2D eigenvalue weighted by atomic mass is 10.1. The monoisotopic (exact) mass is 350 g/mol. The number of benzene rings is 1. The van der Waals surface area contributed by atoms with Gasteiger partial charge in [-0.3, -0.25) is 14.4 Å². The van der Waals surface area contributed by atoms with Crippen molar-refractivity contribution in [3.05, 3.63) is 57.2 Å². The zero-order valence-electron chi connectivity index (χ0n) is 12.1. The number of Topliss-reactive ketones (excluding diaryl/α,β-unsaturated/α-hetero) is 1. The van der Waals surface area contributed by atoms with E-state index in [4.69, 9.17) is 17.3 Å². The highest BCUT2D eigenvalue weighted by Crippen LogP contribution is 2.23. The Kier molecular flexibility index (Phi) is 5.90. The van der Waals surface area contributed by atoms with Crippen LogP contribution in [0.3, 0.4) is 0 Å². The van der Waals surface area contributed by atoms with Gasteiger partial charge in [-0.2, -0.15) is 0 Å². The highest BCUT2D eigenvalue weighted by molar-refractivity contribution is 7.18. The summed E-state index contributed by atoms with van der Waals surface area (Å²) >= 11 is 6.95. The number of hydrogen-bond donors (Lipinski definition) is 2. The maximum atomic E-state index is 12.0. The lowest BCUT2D eigenvalue weighted by Gasteiger charge is -2.15. The Labute approximate surface area is 142 Å². The van der Waals surface area contributed by atoms with Gasteiger partial charge in [0.15, 0.2) is 5.78 Å². The molecule has 2 rings (SSSR count). The van der Waals surface area contributed by atoms with Crippen molar-refractivity contribution < 1.29 is 14.4 Å². The summed E-state index contributed by atoms with van der Waals surface area (Å²) in [5.41, 5.74) is 5.93. The number of amides is 2. The second kappa shape index (κ2) is 7.89. The summed E-state index contributed by atoms with van der Waals surface area (Å²) in [6.45, 7) is 0. The first kappa shape index (κ1) is 17.2. The maximum Gasteiger partial charge on any atom is 0.244 e. The summed E-state index contributed by atoms with van der Waals surface area (Å²) in [5.74, 6) is -1.22. The van der Waals surface area contributed by atoms with Gasteiger partial charge < -0.3 is 11.1 Å². The summed E-state index contributed by atoms with van der Waals surface area (Å²) in [4.78, 5) is 35.9. The van der Waals surface area contributed by atoms with Crippen molar-refractivity contribution >= 4 is 40.5 Å². The molecule has 0 spiro atoms. The van der Waals surface area contributed by atoms with Crippen molar-refractivity contribution in [3.8, 4) is 0 Å². The SMILES string of the molecule is NC(=O)C(NC(=O)CCC(=O)c1ccc(Cl)s1)c1ccccc1. The third-order valence-corrected chi connectivity index (χ3v) is 4.42. The third kappa shape index (κ3) is 4.91. The molecule has 120 valence electrons. The second-order valence-corrected chi connectivity index (χ2v) is 6.56. The number of nitrogens with one attached hydrogen (secondary N) is 1. The first-order valence-corrected chi connectivity index (χ1v) is 8.09. The van der Waals surface area contributed by atoms with Gasteiger partial charge in [-0.1, -0.05) is 41.9 Å². The molecule has 23 heavy (non-hydrogen) atoms. The van der Waals surface area contributed by atoms with Crippen LogP contribution in [0.25, 0.3) is 0 Å². The fourth-order valence-electron chi connectivity index (χ4n) is 2.01. The molecule has 1 aromatic carbocycles. The number of carbonyl (C=O) groups is 3. The molecule has 2 aromatic rings. The predicted molar refractivity (Wildman–Crippen MR) is 89.4 cm³/mol. The van der Waals surface area contributed by atoms with E-state index in [-0.39, 0.29) is 18.6 Å². The topological polar surface area (TPSA) is 89.3 Å². The van der Waals surface area contributed by atoms with E-state index in [0.29, 0.717) is 14.8 Å². The summed E-state index contributed by atoms with van der Waals surface area (Å²) < 4.78 is 0.524. The van der Waals surface area contributed by atoms with Gasteiger partial charge >= 0.3 is 0 Å². The van der Waals surface area contributed by atoms with Crippen molar-refractivity contribution in [2.75, 3.05) is 0 Å². The molecule has 0 aliphatic rings. The molecule has 1 unspecified atom stereocenters. The van der Waals surface area contributed by atoms with Crippen LogP contribution in [0.1, 0.15) is 34.1 Å². The summed E-state index contributed by atoms with van der Waals surface area (Å²) in [7, 11) is 0. The molecule has 0 fully saturated rings. The molecule has 3 N–H and O–H groups in total. The normalized spacial score (nSPS) is 11.7. The Hall–Kier alpha value is -2.18. The van der Waals surface area contributed by atoms with Crippen LogP contribution in [0.15, 0.2) is 42.5 Å². The standard InChI is InChI=1S/C16H15ClN2O3S/c17-13-8-7-12(23-13)11(20)6-9-14(21)19-15(16(18)22)10-4-2-1-3-5-10/h1-5,7-8,15H,6,9H2,(H2,18,22)(H,19,21). The van der Waals surface area contributed by atoms with Gasteiger partial charge in [0, 0.05) is 12.8 Å². The van der Waals surface area contributed by atoms with E-state index >= 15 is 0 Å². The Bertz CT molecular complexity index is 715. The quantitative estimate of drug-likeness (QED) is 0.752. The average Bonchev–Trinajstić information content (AvgIpc) is 2.97. The van der Waals surface area contributed by atoms with Crippen LogP contribution in [-0.2, 0) is 9.59 Å². The van der Waals surface area contributed by atoms with Crippen molar-refractivity contribution in [1.29, 1.82) is 0 Å². The molecule has 1 heterocycles. The van der Waals surface area contributed by atoms with Gasteiger partial charge in [-0.25, -0.2) is 0 Å². The largest absolute Gasteiger partial charge is 0.368 e. The molecule has 0 aliphatic carbocycles. The van der Waals surface area contributed by atoms with Crippen LogP contribution in [0.2, 0.25) is 4.34 Å². The molecular formula is C16H15ClN2O3S. The molecule has 0 aliphatic heterocycles. The molecule has 2 amide bonds. The van der Waals surface area contributed by atoms with Crippen molar-refractivity contribution in [2.45, 2.75) is 18.9 Å². The number of nitrogens with two attached hydrogens (primary N) is 1. The minimum atomic E-state index is -0.907. The molecule has 5 nitrogen and oxygen atoms in total. The van der Waals surface area contributed by atoms with Gasteiger partial charge in [0.1, 0.15) is 6.04 Å². The van der Waals surface area contributed by atoms with Crippen molar-refractivity contribution in [2.24, 2.45) is 5.73 Å². The first-order chi connectivity index (χ1) is 11.0. The molecule has 1 aromatic heterocycles. The van der Waals surface area contributed by atoms with E-state index in [0.717, 1.165) is 0 Å². The number of carbonyl (C=O) groups excluding carboxylic acids is 3. The van der Waals surface area contributed by atoms with Gasteiger partial charge in [0.2, 0.25) is 11.8 Å². The highest BCUT2D eigenvalue weighted by atomic mass is 35.5. The van der Waals surface area contributed by atoms with E-state index in [1.165, 1.54) is 11.3 Å². The molecule has 0 saturated carbocycles. The zero-order valence-corrected chi connectivity index (χ0v) is 13.7. The van der Waals surface area contributed by atoms with Crippen molar-refractivity contribution in [1.82, 2.24) is 5.32 Å². The minimum absolute atomic E-state index is 0.0229. The van der Waals surface area contributed by atoms with E-state index in [2.05, 4.69) is 5.32 Å². The third-order valence-electron chi connectivity index (χ3n) is 3.15. The Balaban J connectivity index is 1.92. The molecule has 1 atom stereocenters. The van der Waals surface area contributed by atoms with E-state index in [1.54, 1.807) is 42.5 Å². The molecule has 0 saturated heterocycles. The van der Waals surface area contributed by atoms with Crippen LogP contribution in [0, 0.1) is 0 Å². The molecule has 7 heteroatoms. The maximum absolute atomic E-state index is 12.0. The number of ketones is 1. The first-order valence-electron chi connectivity index (χ1n) is 6.89. The Morgan fingerprint density at radius 2 is 1.78 bits per heavy atom. The molecule has 0 bridgehead atoms. The Morgan fingerprint density at radius 3 is 2.35 bits per heavy atom. The minimum Gasteiger partial charge on any atom is -0.368 e. The fraction of sp³-hybridized carbons (Fsp3) is 0.188. The van der Waals surface area contributed by atoms with Crippen LogP contribution in [-0.4, -0.2) is 17.6 Å². The van der Waals surface area contributed by atoms with Gasteiger partial charge in [0.25, 0.3) is 0 Å². The van der Waals surface area contributed by atoms with E-state index < -0.39 is 17.9 Å². The summed E-state index contributed by atoms with van der Waals surface area (Å²) in [5, 5.41) is 2.56. The van der Waals surface area contributed by atoms with E-state index in [1.807, 2.05) is 0 Å². The van der Waals surface area contributed by atoms with Crippen molar-refractivity contribution in [3.63, 3.8) is 0 Å². The van der Waals surface area contributed by atoms with Gasteiger partial charge in [-0.15, -0.1) is 11.3 Å². The lowest BCUT2D eigenvalue weighted by molar-refractivity contribution is -0.127. The van der Waals surface area contributed by atoms with Crippen LogP contribution >= 0.6 is 22.9 Å². The number of thiophene rings is 1. The predicted octanol–water partition coefficient (Wildman–Crippen LogP) is 2.71. The van der Waals surface area contributed by atoms with Crippen LogP contribution in [0.4, 0.5) is 0 Å². The smallest absolute Gasteiger partial charge is 0.244 e. The molecular weight excluding hydrogens is 336 g/mol. The number of hydrogen-bond acceptors (Lipinski definition) is 4. The van der Waals surface area contributed by atoms with Gasteiger partial charge in [-0.05, 0) is 17.7 Å². The zero-order chi connectivity index (χ0) is 16.8. The highest BCUT2D eigenvalue weighted by Gasteiger charge is 2.20. The average molecular weight is 351 g/mol. The van der Waals surface area contributed by atoms with Crippen LogP contribution in [0.5, 0.6) is 0 Å². The molecule has 0 radical (unpaired) electrons. The summed E-state index contributed by atoms with van der Waals surface area (Å²) in [6, 6.07) is 11.1. The number of rotatable bonds is 7.